The molecule has 2 aromatic rings. The quantitative estimate of drug-likeness (QED) is 0.785. The van der Waals surface area contributed by atoms with E-state index in [4.69, 9.17) is 23.2 Å². The van der Waals surface area contributed by atoms with Crippen LogP contribution in [0.2, 0.25) is 10.0 Å². The highest BCUT2D eigenvalue weighted by Crippen LogP contribution is 2.36. The lowest BCUT2D eigenvalue weighted by atomic mass is 10.2. The van der Waals surface area contributed by atoms with Gasteiger partial charge in [0.15, 0.2) is 0 Å². The van der Waals surface area contributed by atoms with Crippen molar-refractivity contribution >= 4 is 46.6 Å². The maximum absolute atomic E-state index is 13.4. The number of rotatable bonds is 3. The summed E-state index contributed by atoms with van der Waals surface area (Å²) < 4.78 is 40.3. The molecular weight excluding hydrogens is 418 g/mol. The van der Waals surface area contributed by atoms with Gasteiger partial charge >= 0.3 is 6.18 Å². The number of halogens is 5. The third-order valence-electron chi connectivity index (χ3n) is 4.27. The average molecular weight is 434 g/mol. The van der Waals surface area contributed by atoms with Crippen LogP contribution in [-0.4, -0.2) is 47.0 Å². The van der Waals surface area contributed by atoms with Crippen LogP contribution in [0.3, 0.4) is 0 Å². The molecule has 1 saturated heterocycles. The summed E-state index contributed by atoms with van der Waals surface area (Å²) in [4.78, 5) is 22.4. The Morgan fingerprint density at radius 1 is 1.14 bits per heavy atom. The summed E-state index contributed by atoms with van der Waals surface area (Å²) in [6, 6.07) is 4.69. The normalized spacial score (nSPS) is 14.9. The summed E-state index contributed by atoms with van der Waals surface area (Å²) >= 11 is 11.8. The molecule has 1 aliphatic rings. The highest BCUT2D eigenvalue weighted by Gasteiger charge is 2.37. The highest BCUT2D eigenvalue weighted by atomic mass is 35.5. The first-order valence-corrected chi connectivity index (χ1v) is 9.07. The Morgan fingerprint density at radius 2 is 1.82 bits per heavy atom. The van der Waals surface area contributed by atoms with Gasteiger partial charge in [-0.25, -0.2) is 4.98 Å². The fraction of sp³-hybridized carbons (Fsp3) is 0.353. The van der Waals surface area contributed by atoms with E-state index in [0.717, 1.165) is 6.20 Å². The molecule has 1 amide bonds. The number of alkyl halides is 3. The number of hydrogen-bond donors (Lipinski definition) is 1. The number of nitrogens with zero attached hydrogens (tertiary/aromatic N) is 4. The molecule has 0 unspecified atom stereocenters. The molecule has 1 fully saturated rings. The van der Waals surface area contributed by atoms with Gasteiger partial charge < -0.3 is 15.1 Å². The molecule has 0 aliphatic carbocycles. The van der Waals surface area contributed by atoms with E-state index in [0.29, 0.717) is 28.8 Å². The molecule has 150 valence electrons. The van der Waals surface area contributed by atoms with Crippen LogP contribution in [0, 0.1) is 0 Å². The molecule has 1 aliphatic heterocycles. The van der Waals surface area contributed by atoms with Crippen LogP contribution in [0.15, 0.2) is 24.4 Å². The van der Waals surface area contributed by atoms with Gasteiger partial charge in [0.05, 0.1) is 10.0 Å². The Balaban J connectivity index is 1.89. The topological polar surface area (TPSA) is 61.4 Å². The molecule has 28 heavy (non-hydrogen) atoms. The summed E-state index contributed by atoms with van der Waals surface area (Å²) in [5.41, 5.74) is -0.440. The van der Waals surface area contributed by atoms with Crippen molar-refractivity contribution in [2.45, 2.75) is 13.1 Å². The van der Waals surface area contributed by atoms with E-state index in [1.54, 1.807) is 17.0 Å². The van der Waals surface area contributed by atoms with Gasteiger partial charge in [-0.15, -0.1) is 0 Å². The predicted octanol–water partition coefficient (Wildman–Crippen LogP) is 4.21. The minimum atomic E-state index is -4.60. The van der Waals surface area contributed by atoms with Crippen molar-refractivity contribution < 1.29 is 18.0 Å². The molecule has 0 saturated carbocycles. The molecule has 0 bridgehead atoms. The molecule has 1 aromatic carbocycles. The van der Waals surface area contributed by atoms with Gasteiger partial charge in [0.1, 0.15) is 11.4 Å². The fourth-order valence-electron chi connectivity index (χ4n) is 2.81. The number of hydrogen-bond acceptors (Lipinski definition) is 5. The van der Waals surface area contributed by atoms with E-state index < -0.39 is 11.7 Å². The lowest BCUT2D eigenvalue weighted by Gasteiger charge is -2.35. The molecule has 1 N–H and O–H groups in total. The van der Waals surface area contributed by atoms with Gasteiger partial charge in [-0.05, 0) is 18.2 Å². The molecule has 2 heterocycles. The van der Waals surface area contributed by atoms with Crippen LogP contribution >= 0.6 is 23.2 Å². The Labute approximate surface area is 169 Å². The summed E-state index contributed by atoms with van der Waals surface area (Å²) in [6.07, 6.45) is -3.85. The van der Waals surface area contributed by atoms with Crippen molar-refractivity contribution in [2.75, 3.05) is 36.4 Å². The summed E-state index contributed by atoms with van der Waals surface area (Å²) in [5, 5.41) is 3.48. The third kappa shape index (κ3) is 4.59. The second-order valence-electron chi connectivity index (χ2n) is 6.18. The standard InChI is InChI=1S/C17H16Cl2F3N5O/c1-10(28)26-4-6-27(7-5-26)15-12(17(20,21)22)9-23-16(25-15)24-11-2-3-13(18)14(19)8-11/h2-3,8-9H,4-7H2,1H3,(H,23,24,25). The minimum Gasteiger partial charge on any atom is -0.352 e. The first kappa shape index (κ1) is 20.5. The fourth-order valence-corrected chi connectivity index (χ4v) is 3.11. The summed E-state index contributed by atoms with van der Waals surface area (Å²) in [5.74, 6) is -0.344. The monoisotopic (exact) mass is 433 g/mol. The maximum atomic E-state index is 13.4. The van der Waals surface area contributed by atoms with Crippen LogP contribution < -0.4 is 10.2 Å². The van der Waals surface area contributed by atoms with E-state index in [9.17, 15) is 18.0 Å². The molecule has 0 radical (unpaired) electrons. The third-order valence-corrected chi connectivity index (χ3v) is 5.01. The Hall–Kier alpha value is -2.26. The molecule has 1 aromatic heterocycles. The van der Waals surface area contributed by atoms with Gasteiger partial charge in [-0.3, -0.25) is 4.79 Å². The molecule has 11 heteroatoms. The van der Waals surface area contributed by atoms with Crippen LogP contribution in [0.5, 0.6) is 0 Å². The molecule has 0 atom stereocenters. The summed E-state index contributed by atoms with van der Waals surface area (Å²) in [6.45, 7) is 2.57. The number of piperazine rings is 1. The van der Waals surface area contributed by atoms with Gasteiger partial charge in [0, 0.05) is 45.0 Å². The van der Waals surface area contributed by atoms with Crippen molar-refractivity contribution in [3.8, 4) is 0 Å². The SMILES string of the molecule is CC(=O)N1CCN(c2nc(Nc3ccc(Cl)c(Cl)c3)ncc2C(F)(F)F)CC1. The van der Waals surface area contributed by atoms with Gasteiger partial charge in [-0.1, -0.05) is 23.2 Å². The number of amides is 1. The van der Waals surface area contributed by atoms with Crippen molar-refractivity contribution in [3.63, 3.8) is 0 Å². The van der Waals surface area contributed by atoms with Gasteiger partial charge in [0.2, 0.25) is 11.9 Å². The average Bonchev–Trinajstić information content (AvgIpc) is 2.64. The van der Waals surface area contributed by atoms with Crippen LogP contribution in [0.25, 0.3) is 0 Å². The van der Waals surface area contributed by atoms with E-state index in [-0.39, 0.29) is 30.8 Å². The second kappa shape index (κ2) is 8.00. The second-order valence-corrected chi connectivity index (χ2v) is 6.99. The first-order valence-electron chi connectivity index (χ1n) is 8.32. The predicted molar refractivity (Wildman–Crippen MR) is 101 cm³/mol. The molecule has 3 rings (SSSR count). The summed E-state index contributed by atoms with van der Waals surface area (Å²) in [7, 11) is 0. The van der Waals surface area contributed by atoms with E-state index in [2.05, 4.69) is 15.3 Å². The largest absolute Gasteiger partial charge is 0.421 e. The van der Waals surface area contributed by atoms with Crippen molar-refractivity contribution in [2.24, 2.45) is 0 Å². The van der Waals surface area contributed by atoms with Gasteiger partial charge in [-0.2, -0.15) is 18.2 Å². The van der Waals surface area contributed by atoms with E-state index >= 15 is 0 Å². The lowest BCUT2D eigenvalue weighted by molar-refractivity contribution is -0.137. The lowest BCUT2D eigenvalue weighted by Crippen LogP contribution is -2.48. The Morgan fingerprint density at radius 3 is 2.39 bits per heavy atom. The molecular formula is C17H16Cl2F3N5O. The number of anilines is 3. The van der Waals surface area contributed by atoms with Gasteiger partial charge in [0.25, 0.3) is 0 Å². The van der Waals surface area contributed by atoms with E-state index in [1.165, 1.54) is 17.9 Å². The minimum absolute atomic E-state index is 0.00427. The first-order chi connectivity index (χ1) is 13.1. The molecule has 6 nitrogen and oxygen atoms in total. The van der Waals surface area contributed by atoms with Crippen molar-refractivity contribution in [3.05, 3.63) is 40.0 Å². The van der Waals surface area contributed by atoms with Crippen LogP contribution in [0.1, 0.15) is 12.5 Å². The zero-order valence-electron chi connectivity index (χ0n) is 14.7. The van der Waals surface area contributed by atoms with Crippen LogP contribution in [0.4, 0.5) is 30.6 Å². The van der Waals surface area contributed by atoms with E-state index in [1.807, 2.05) is 0 Å². The number of nitrogens with one attached hydrogen (secondary N) is 1. The number of aromatic nitrogens is 2. The Kier molecular flexibility index (Phi) is 5.85. The number of carbonyl (C=O) groups is 1. The molecule has 0 spiro atoms. The zero-order valence-corrected chi connectivity index (χ0v) is 16.2. The maximum Gasteiger partial charge on any atom is 0.421 e. The van der Waals surface area contributed by atoms with Crippen LogP contribution in [-0.2, 0) is 11.0 Å². The van der Waals surface area contributed by atoms with Crippen molar-refractivity contribution in [1.29, 1.82) is 0 Å². The Bertz CT molecular complexity index is 886. The zero-order chi connectivity index (χ0) is 20.5. The number of benzene rings is 1. The smallest absolute Gasteiger partial charge is 0.352 e. The number of carbonyl (C=O) groups excluding carboxylic acids is 1. The van der Waals surface area contributed by atoms with Crippen molar-refractivity contribution in [1.82, 2.24) is 14.9 Å². The highest BCUT2D eigenvalue weighted by molar-refractivity contribution is 6.42.